The second-order valence-corrected chi connectivity index (χ2v) is 28.1. The van der Waals surface area contributed by atoms with Crippen molar-refractivity contribution in [3.8, 4) is 0 Å². The van der Waals surface area contributed by atoms with Crippen LogP contribution < -0.4 is 63.7 Å². The van der Waals surface area contributed by atoms with Gasteiger partial charge in [-0.05, 0) is 116 Å². The Hall–Kier alpha value is -7.02. The first-order chi connectivity index (χ1) is 43.0. The van der Waals surface area contributed by atoms with Gasteiger partial charge in [0.25, 0.3) is 0 Å². The molecule has 6 N–H and O–H groups in total. The van der Waals surface area contributed by atoms with E-state index in [4.69, 9.17) is 30.1 Å². The number of hydrogen-bond donors (Lipinski definition) is 6. The van der Waals surface area contributed by atoms with Crippen molar-refractivity contribution in [2.45, 2.75) is 20.5 Å². The molecule has 0 fully saturated rings. The van der Waals surface area contributed by atoms with Gasteiger partial charge >= 0.3 is 21.4 Å². The Morgan fingerprint density at radius 1 is 0.157 bits per heavy atom. The molecule has 0 spiro atoms. The van der Waals surface area contributed by atoms with Gasteiger partial charge in [0.15, 0.2) is 0 Å². The molecule has 0 heterocycles. The minimum Gasteiger partial charge on any atom is -0.427 e. The molecule has 450 valence electrons. The summed E-state index contributed by atoms with van der Waals surface area (Å²) in [7, 11) is -5.28. The summed E-state index contributed by atoms with van der Waals surface area (Å²) in [4.78, 5) is 0. The fourth-order valence-corrected chi connectivity index (χ4v) is 17.9. The largest absolute Gasteiger partial charge is 0.448 e. The van der Waals surface area contributed by atoms with Crippen LogP contribution in [-0.2, 0) is 20.4 Å². The predicted molar refractivity (Wildman–Crippen MR) is 389 cm³/mol. The normalized spacial score (nSPS) is 9.94. The van der Waals surface area contributed by atoms with Gasteiger partial charge in [-0.25, -0.2) is 0 Å². The maximum atomic E-state index is 7.61. The zero-order chi connectivity index (χ0) is 62.4. The molecule has 12 aromatic carbocycles. The molecule has 0 bridgehead atoms. The number of benzene rings is 12. The van der Waals surface area contributed by atoms with Crippen LogP contribution in [-0.4, -0.2) is 51.5 Å². The molecule has 12 rings (SSSR count). The fourth-order valence-electron chi connectivity index (χ4n) is 8.71. The van der Waals surface area contributed by atoms with Gasteiger partial charge in [0.1, 0.15) is 0 Å². The van der Waals surface area contributed by atoms with Crippen LogP contribution >= 0.6 is 31.7 Å². The van der Waals surface area contributed by atoms with Gasteiger partial charge in [0.05, 0.1) is 0 Å². The molecule has 0 unspecified atom stereocenters. The molecule has 0 aliphatic carbocycles. The van der Waals surface area contributed by atoms with Crippen molar-refractivity contribution < 1.29 is 50.6 Å². The van der Waals surface area contributed by atoms with Gasteiger partial charge in [-0.15, -0.1) is 0 Å². The molecular weight excluding hydrogens is 1260 g/mol. The van der Waals surface area contributed by atoms with E-state index in [0.717, 1.165) is 0 Å². The van der Waals surface area contributed by atoms with E-state index in [9.17, 15) is 0 Å². The van der Waals surface area contributed by atoms with Crippen molar-refractivity contribution in [3.63, 3.8) is 0 Å². The van der Waals surface area contributed by atoms with E-state index in [0.29, 0.717) is 0 Å². The third kappa shape index (κ3) is 26.9. The molecule has 0 aliphatic rings. The van der Waals surface area contributed by atoms with E-state index in [1.54, 1.807) is 0 Å². The number of rotatable bonds is 12. The average Bonchev–Trinajstić information content (AvgIpc) is 1.92. The molecule has 0 aliphatic heterocycles. The first-order valence-electron chi connectivity index (χ1n) is 28.9. The zero-order valence-corrected chi connectivity index (χ0v) is 55.3. The van der Waals surface area contributed by atoms with Crippen molar-refractivity contribution in [2.75, 3.05) is 0 Å². The summed E-state index contributed by atoms with van der Waals surface area (Å²) < 4.78 is 0. The smallest absolute Gasteiger partial charge is 0.427 e. The Balaban J connectivity index is 0.000000202. The van der Waals surface area contributed by atoms with Crippen LogP contribution in [0.4, 0.5) is 0 Å². The van der Waals surface area contributed by atoms with Crippen LogP contribution in [0.1, 0.15) is 0 Å². The summed E-state index contributed by atoms with van der Waals surface area (Å²) in [6, 6.07) is 129. The first-order valence-corrected chi connectivity index (χ1v) is 34.3. The Bertz CT molecular complexity index is 2770. The maximum Gasteiger partial charge on any atom is 0.448 e. The molecular formula is C75H75B3O6P4Pd. The fraction of sp³-hybridized carbons (Fsp3) is 0.0400. The molecule has 0 atom stereocenters. The molecule has 0 saturated heterocycles. The van der Waals surface area contributed by atoms with Gasteiger partial charge in [-0.3, -0.25) is 0 Å². The Labute approximate surface area is 547 Å². The van der Waals surface area contributed by atoms with E-state index < -0.39 is 53.0 Å². The first kappa shape index (κ1) is 72.7. The molecule has 6 nitrogen and oxygen atoms in total. The van der Waals surface area contributed by atoms with Crippen LogP contribution in [0.2, 0.25) is 20.5 Å². The molecule has 14 heteroatoms. The Morgan fingerprint density at radius 2 is 0.213 bits per heavy atom. The molecule has 0 amide bonds. The van der Waals surface area contributed by atoms with Gasteiger partial charge in [-0.1, -0.05) is 364 Å². The molecule has 0 radical (unpaired) electrons. The topological polar surface area (TPSA) is 121 Å². The van der Waals surface area contributed by atoms with Gasteiger partial charge in [0.2, 0.25) is 0 Å². The third-order valence-corrected chi connectivity index (χ3v) is 21.9. The van der Waals surface area contributed by atoms with Crippen LogP contribution in [0.25, 0.3) is 0 Å². The number of hydrogen-bond acceptors (Lipinski definition) is 6. The van der Waals surface area contributed by atoms with Crippen LogP contribution in [0.3, 0.4) is 0 Å². The quantitative estimate of drug-likeness (QED) is 0.0535. The van der Waals surface area contributed by atoms with Gasteiger partial charge in [0, 0.05) is 20.4 Å². The summed E-state index contributed by atoms with van der Waals surface area (Å²) in [6.45, 7) is 3.83. The second-order valence-electron chi connectivity index (χ2n) is 19.3. The van der Waals surface area contributed by atoms with Crippen LogP contribution in [0.5, 0.6) is 0 Å². The van der Waals surface area contributed by atoms with E-state index in [1.807, 2.05) is 0 Å². The van der Waals surface area contributed by atoms with Crippen molar-refractivity contribution in [2.24, 2.45) is 0 Å². The van der Waals surface area contributed by atoms with Crippen molar-refractivity contribution in [1.82, 2.24) is 0 Å². The predicted octanol–water partition coefficient (Wildman–Crippen LogP) is 11.0. The summed E-state index contributed by atoms with van der Waals surface area (Å²) in [5.74, 6) is 0. The summed E-state index contributed by atoms with van der Waals surface area (Å²) in [5.41, 5.74) is 0. The van der Waals surface area contributed by atoms with Gasteiger partial charge < -0.3 is 30.1 Å². The average molecular weight is 1340 g/mol. The third-order valence-electron chi connectivity index (χ3n) is 12.2. The minimum absolute atomic E-state index is 0. The van der Waals surface area contributed by atoms with E-state index in [-0.39, 0.29) is 20.4 Å². The van der Waals surface area contributed by atoms with Crippen molar-refractivity contribution in [3.05, 3.63) is 364 Å². The Kier molecular flexibility index (Phi) is 35.0. The summed E-state index contributed by atoms with van der Waals surface area (Å²) in [5, 5.41) is 62.4. The molecule has 89 heavy (non-hydrogen) atoms. The minimum atomic E-state index is -1.17. The molecule has 12 aromatic rings. The van der Waals surface area contributed by atoms with Gasteiger partial charge in [-0.2, -0.15) is 0 Å². The Morgan fingerprint density at radius 3 is 0.270 bits per heavy atom. The summed E-state index contributed by atoms with van der Waals surface area (Å²) >= 11 is 0. The van der Waals surface area contributed by atoms with Crippen LogP contribution in [0, 0.1) is 0 Å². The van der Waals surface area contributed by atoms with Crippen LogP contribution in [0.15, 0.2) is 364 Å². The van der Waals surface area contributed by atoms with Crippen molar-refractivity contribution in [1.29, 1.82) is 0 Å². The SMILES string of the molecule is CB(O)O.CB(O)O.CB(O)O.[Pd].c1ccc(P(c2ccccc2)c2ccccc2)cc1.c1ccc(P(c2ccccc2)c2ccccc2)cc1.c1ccc(P(c2ccccc2)c2ccccc2)cc1.c1ccc(P(c2ccccc2)c2ccccc2)cc1. The molecule has 0 saturated carbocycles. The standard InChI is InChI=1S/4C18H15P.3CH5BO2.Pd/c4*1-4-10-16(11-5-1)19(17-12-6-2-7-13-17)18-14-8-3-9-15-18;3*1-2(3)4;/h4*1-15H;3*3-4H,1H3;. The maximum absolute atomic E-state index is 7.61. The molecule has 0 aromatic heterocycles. The van der Waals surface area contributed by atoms with E-state index >= 15 is 0 Å². The van der Waals surface area contributed by atoms with Crippen molar-refractivity contribution >= 4 is 117 Å². The van der Waals surface area contributed by atoms with E-state index in [2.05, 4.69) is 364 Å². The second kappa shape index (κ2) is 42.8. The monoisotopic (exact) mass is 1330 g/mol. The summed E-state index contributed by atoms with van der Waals surface area (Å²) in [6.07, 6.45) is 0. The van der Waals surface area contributed by atoms with E-state index in [1.165, 1.54) is 84.1 Å². The zero-order valence-electron chi connectivity index (χ0n) is 50.2.